The van der Waals surface area contributed by atoms with Gasteiger partial charge in [0.15, 0.2) is 0 Å². The number of anilines is 1. The zero-order chi connectivity index (χ0) is 23.4. The van der Waals surface area contributed by atoms with Crippen LogP contribution in [0.25, 0.3) is 0 Å². The molecule has 6 heteroatoms. The molecule has 3 N–H and O–H groups in total. The molecule has 0 spiro atoms. The Kier molecular flexibility index (Phi) is 6.75. The summed E-state index contributed by atoms with van der Waals surface area (Å²) in [5.41, 5.74) is 3.24. The van der Waals surface area contributed by atoms with Gasteiger partial charge in [0.2, 0.25) is 0 Å². The molecule has 5 nitrogen and oxygen atoms in total. The van der Waals surface area contributed by atoms with Crippen molar-refractivity contribution >= 4 is 11.7 Å². The number of aliphatic carboxylic acids is 1. The van der Waals surface area contributed by atoms with Gasteiger partial charge in [0, 0.05) is 30.3 Å². The van der Waals surface area contributed by atoms with Crippen molar-refractivity contribution in [2.45, 2.75) is 38.1 Å². The second-order valence-corrected chi connectivity index (χ2v) is 9.18. The van der Waals surface area contributed by atoms with E-state index in [0.717, 1.165) is 29.9 Å². The summed E-state index contributed by atoms with van der Waals surface area (Å²) in [7, 11) is 0. The average molecular weight is 448 g/mol. The smallest absolute Gasteiger partial charge is 0.313 e. The minimum absolute atomic E-state index is 0.129. The molecule has 33 heavy (non-hydrogen) atoms. The van der Waals surface area contributed by atoms with Crippen LogP contribution in [0.5, 0.6) is 0 Å². The molecule has 2 heterocycles. The molecule has 1 aliphatic heterocycles. The van der Waals surface area contributed by atoms with Crippen LogP contribution in [0.1, 0.15) is 42.3 Å². The van der Waals surface area contributed by atoms with Crippen molar-refractivity contribution in [3.63, 3.8) is 0 Å². The van der Waals surface area contributed by atoms with Gasteiger partial charge in [0.1, 0.15) is 5.82 Å². The maximum atomic E-state index is 14.4. The van der Waals surface area contributed by atoms with Crippen molar-refractivity contribution in [2.75, 3.05) is 18.4 Å². The number of halogens is 1. The fraction of sp³-hybridized carbons (Fsp3) is 0.333. The molecule has 172 valence electrons. The van der Waals surface area contributed by atoms with E-state index < -0.39 is 17.2 Å². The fourth-order valence-corrected chi connectivity index (χ4v) is 4.47. The number of carbonyl (C=O) groups is 1. The van der Waals surface area contributed by atoms with Crippen molar-refractivity contribution in [1.29, 1.82) is 0 Å². The molecule has 0 aliphatic carbocycles. The number of nitrogens with zero attached hydrogens (tertiary/aromatic N) is 1. The number of pyridine rings is 1. The molecule has 0 radical (unpaired) electrons. The Morgan fingerprint density at radius 1 is 1.21 bits per heavy atom. The van der Waals surface area contributed by atoms with Crippen LogP contribution >= 0.6 is 0 Å². The number of carboxylic acids is 1. The Morgan fingerprint density at radius 3 is 2.76 bits per heavy atom. The topological polar surface area (TPSA) is 74.2 Å². The summed E-state index contributed by atoms with van der Waals surface area (Å²) in [6.45, 7) is 4.59. The SMILES string of the molecule is CC(C)(C(=O)O)c1cc(CCN[C@H](c2ccccc2)[C@H]2CNc3cccnc3C2)ccc1F. The molecule has 1 aromatic heterocycles. The zero-order valence-electron chi connectivity index (χ0n) is 19.0. The van der Waals surface area contributed by atoms with Gasteiger partial charge in [-0.05, 0) is 62.6 Å². The molecule has 2 atom stereocenters. The average Bonchev–Trinajstić information content (AvgIpc) is 2.83. The van der Waals surface area contributed by atoms with Crippen LogP contribution in [-0.2, 0) is 23.1 Å². The second kappa shape index (κ2) is 9.71. The van der Waals surface area contributed by atoms with E-state index in [0.29, 0.717) is 18.9 Å². The van der Waals surface area contributed by atoms with Gasteiger partial charge in [-0.25, -0.2) is 4.39 Å². The Hall–Kier alpha value is -3.25. The van der Waals surface area contributed by atoms with Gasteiger partial charge in [-0.15, -0.1) is 0 Å². The molecule has 0 amide bonds. The van der Waals surface area contributed by atoms with Gasteiger partial charge >= 0.3 is 5.97 Å². The van der Waals surface area contributed by atoms with Crippen molar-refractivity contribution < 1.29 is 14.3 Å². The first-order valence-electron chi connectivity index (χ1n) is 11.3. The van der Waals surface area contributed by atoms with Gasteiger partial charge in [0.25, 0.3) is 0 Å². The summed E-state index contributed by atoms with van der Waals surface area (Å²) in [5.74, 6) is -1.20. The van der Waals surface area contributed by atoms with Gasteiger partial charge in [-0.2, -0.15) is 0 Å². The third-order valence-electron chi connectivity index (χ3n) is 6.55. The first-order chi connectivity index (χ1) is 15.9. The zero-order valence-corrected chi connectivity index (χ0v) is 19.0. The molecule has 0 bridgehead atoms. The molecular formula is C27H30FN3O2. The maximum absolute atomic E-state index is 14.4. The maximum Gasteiger partial charge on any atom is 0.313 e. The summed E-state index contributed by atoms with van der Waals surface area (Å²) in [4.78, 5) is 16.2. The highest BCUT2D eigenvalue weighted by Crippen LogP contribution is 2.31. The Balaban J connectivity index is 1.49. The van der Waals surface area contributed by atoms with Gasteiger partial charge in [0.05, 0.1) is 16.8 Å². The van der Waals surface area contributed by atoms with Crippen molar-refractivity contribution in [3.05, 3.63) is 95.1 Å². The van der Waals surface area contributed by atoms with E-state index in [2.05, 4.69) is 33.8 Å². The van der Waals surface area contributed by atoms with Crippen molar-refractivity contribution in [2.24, 2.45) is 5.92 Å². The van der Waals surface area contributed by atoms with Gasteiger partial charge in [-0.1, -0.05) is 42.5 Å². The third kappa shape index (κ3) is 5.06. The highest BCUT2D eigenvalue weighted by molar-refractivity contribution is 5.80. The lowest BCUT2D eigenvalue weighted by molar-refractivity contribution is -0.142. The van der Waals surface area contributed by atoms with Crippen molar-refractivity contribution in [1.82, 2.24) is 10.3 Å². The van der Waals surface area contributed by atoms with E-state index in [1.54, 1.807) is 12.1 Å². The molecule has 2 aromatic carbocycles. The molecule has 0 saturated carbocycles. The van der Waals surface area contributed by atoms with Crippen LogP contribution < -0.4 is 10.6 Å². The van der Waals surface area contributed by atoms with Crippen LogP contribution in [0, 0.1) is 11.7 Å². The first kappa shape index (κ1) is 22.9. The molecule has 0 fully saturated rings. The summed E-state index contributed by atoms with van der Waals surface area (Å²) in [6.07, 6.45) is 3.38. The summed E-state index contributed by atoms with van der Waals surface area (Å²) >= 11 is 0. The van der Waals surface area contributed by atoms with E-state index in [9.17, 15) is 14.3 Å². The van der Waals surface area contributed by atoms with Crippen LogP contribution in [-0.4, -0.2) is 29.1 Å². The number of rotatable bonds is 8. The standard InChI is InChI=1S/C27H30FN3O2/c1-27(2,26(32)33)21-15-18(10-11-22(21)28)12-14-30-25(19-7-4-3-5-8-19)20-16-24-23(31-17-20)9-6-13-29-24/h3-11,13,15,20,25,30-31H,12,14,16-17H2,1-2H3,(H,32,33)/t20-,25-/m1/s1. The van der Waals surface area contributed by atoms with E-state index in [1.807, 2.05) is 30.5 Å². The van der Waals surface area contributed by atoms with E-state index in [1.165, 1.54) is 25.5 Å². The highest BCUT2D eigenvalue weighted by atomic mass is 19.1. The third-order valence-corrected chi connectivity index (χ3v) is 6.55. The molecule has 0 unspecified atom stereocenters. The largest absolute Gasteiger partial charge is 0.481 e. The molecular weight excluding hydrogens is 417 g/mol. The number of benzene rings is 2. The number of aromatic nitrogens is 1. The lowest BCUT2D eigenvalue weighted by atomic mass is 9.83. The molecule has 1 aliphatic rings. The predicted molar refractivity (Wildman–Crippen MR) is 128 cm³/mol. The van der Waals surface area contributed by atoms with Crippen molar-refractivity contribution in [3.8, 4) is 0 Å². The quantitative estimate of drug-likeness (QED) is 0.465. The summed E-state index contributed by atoms with van der Waals surface area (Å²) in [6, 6.07) is 19.3. The van der Waals surface area contributed by atoms with Crippen LogP contribution in [0.3, 0.4) is 0 Å². The summed E-state index contributed by atoms with van der Waals surface area (Å²) < 4.78 is 14.4. The minimum atomic E-state index is -1.28. The summed E-state index contributed by atoms with van der Waals surface area (Å²) in [5, 5.41) is 16.7. The molecule has 4 rings (SSSR count). The fourth-order valence-electron chi connectivity index (χ4n) is 4.47. The lowest BCUT2D eigenvalue weighted by Gasteiger charge is -2.33. The lowest BCUT2D eigenvalue weighted by Crippen LogP contribution is -2.37. The monoisotopic (exact) mass is 447 g/mol. The van der Waals surface area contributed by atoms with Gasteiger partial charge in [-0.3, -0.25) is 9.78 Å². The predicted octanol–water partition coefficient (Wildman–Crippen LogP) is 4.74. The minimum Gasteiger partial charge on any atom is -0.481 e. The Labute approximate surface area is 194 Å². The highest BCUT2D eigenvalue weighted by Gasteiger charge is 2.32. The Bertz CT molecular complexity index is 1120. The number of carboxylic acid groups (broad SMARTS) is 1. The van der Waals surface area contributed by atoms with E-state index in [-0.39, 0.29) is 11.6 Å². The van der Waals surface area contributed by atoms with E-state index in [4.69, 9.17) is 0 Å². The number of fused-ring (bicyclic) bond motifs is 1. The van der Waals surface area contributed by atoms with Crippen LogP contribution in [0.2, 0.25) is 0 Å². The first-order valence-corrected chi connectivity index (χ1v) is 11.3. The Morgan fingerprint density at radius 2 is 2.00 bits per heavy atom. The van der Waals surface area contributed by atoms with Gasteiger partial charge < -0.3 is 15.7 Å². The second-order valence-electron chi connectivity index (χ2n) is 9.18. The molecule has 3 aromatic rings. The number of hydrogen-bond acceptors (Lipinski definition) is 4. The number of hydrogen-bond donors (Lipinski definition) is 3. The van der Waals surface area contributed by atoms with E-state index >= 15 is 0 Å². The number of nitrogens with one attached hydrogen (secondary N) is 2. The van der Waals surface area contributed by atoms with Crippen LogP contribution in [0.4, 0.5) is 10.1 Å². The normalized spacial score (nSPS) is 16.5. The molecule has 0 saturated heterocycles. The van der Waals surface area contributed by atoms with Crippen LogP contribution in [0.15, 0.2) is 66.9 Å².